The van der Waals surface area contributed by atoms with E-state index in [0.29, 0.717) is 6.61 Å². The van der Waals surface area contributed by atoms with Gasteiger partial charge >= 0.3 is 0 Å². The Morgan fingerprint density at radius 1 is 1.09 bits per heavy atom. The van der Waals surface area contributed by atoms with Crippen LogP contribution in [0.2, 0.25) is 0 Å². The SMILES string of the molecule is OCCOCCOC(O)CO. The fourth-order valence-electron chi connectivity index (χ4n) is 0.462. The molecule has 0 aliphatic carbocycles. The van der Waals surface area contributed by atoms with Crippen LogP contribution in [0.5, 0.6) is 0 Å². The van der Waals surface area contributed by atoms with Gasteiger partial charge in [0.1, 0.15) is 0 Å². The third kappa shape index (κ3) is 7.70. The van der Waals surface area contributed by atoms with Gasteiger partial charge in [0.05, 0.1) is 33.0 Å². The summed E-state index contributed by atoms with van der Waals surface area (Å²) in [6.45, 7) is 0.334. The topological polar surface area (TPSA) is 79.2 Å². The third-order valence-corrected chi connectivity index (χ3v) is 0.930. The highest BCUT2D eigenvalue weighted by molar-refractivity contribution is 4.35. The van der Waals surface area contributed by atoms with Gasteiger partial charge in [-0.1, -0.05) is 0 Å². The Balaban J connectivity index is 2.89. The van der Waals surface area contributed by atoms with E-state index in [1.165, 1.54) is 0 Å². The first-order valence-electron chi connectivity index (χ1n) is 3.40. The molecule has 0 saturated heterocycles. The van der Waals surface area contributed by atoms with Crippen LogP contribution in [0.3, 0.4) is 0 Å². The van der Waals surface area contributed by atoms with Gasteiger partial charge in [-0.2, -0.15) is 0 Å². The van der Waals surface area contributed by atoms with E-state index in [1.54, 1.807) is 0 Å². The van der Waals surface area contributed by atoms with Crippen LogP contribution in [0.25, 0.3) is 0 Å². The molecule has 5 heteroatoms. The molecule has 11 heavy (non-hydrogen) atoms. The zero-order valence-electron chi connectivity index (χ0n) is 6.27. The molecule has 0 aliphatic heterocycles. The summed E-state index contributed by atoms with van der Waals surface area (Å²) in [5.74, 6) is 0. The van der Waals surface area contributed by atoms with Gasteiger partial charge in [-0.25, -0.2) is 0 Å². The fourth-order valence-corrected chi connectivity index (χ4v) is 0.462. The molecular formula is C6H14O5. The van der Waals surface area contributed by atoms with Crippen molar-refractivity contribution in [2.24, 2.45) is 0 Å². The molecule has 0 bridgehead atoms. The van der Waals surface area contributed by atoms with Crippen molar-refractivity contribution in [1.82, 2.24) is 0 Å². The maximum absolute atomic E-state index is 8.64. The van der Waals surface area contributed by atoms with Gasteiger partial charge < -0.3 is 24.8 Å². The Kier molecular flexibility index (Phi) is 7.76. The summed E-state index contributed by atoms with van der Waals surface area (Å²) in [6.07, 6.45) is -1.13. The third-order valence-electron chi connectivity index (χ3n) is 0.930. The van der Waals surface area contributed by atoms with Crippen LogP contribution in [0.4, 0.5) is 0 Å². The molecule has 0 rings (SSSR count). The van der Waals surface area contributed by atoms with E-state index in [1.807, 2.05) is 0 Å². The Morgan fingerprint density at radius 3 is 2.36 bits per heavy atom. The van der Waals surface area contributed by atoms with Crippen LogP contribution < -0.4 is 0 Å². The highest BCUT2D eigenvalue weighted by Crippen LogP contribution is 1.84. The van der Waals surface area contributed by atoms with Gasteiger partial charge in [0.25, 0.3) is 0 Å². The zero-order valence-corrected chi connectivity index (χ0v) is 6.27. The molecule has 0 aromatic carbocycles. The second-order valence-electron chi connectivity index (χ2n) is 1.84. The summed E-state index contributed by atoms with van der Waals surface area (Å²) >= 11 is 0. The number of hydrogen-bond donors (Lipinski definition) is 3. The van der Waals surface area contributed by atoms with Crippen molar-refractivity contribution in [2.45, 2.75) is 6.29 Å². The summed E-state index contributed by atoms with van der Waals surface area (Å²) in [5, 5.41) is 25.2. The lowest BCUT2D eigenvalue weighted by molar-refractivity contribution is -0.134. The maximum Gasteiger partial charge on any atom is 0.177 e. The first-order chi connectivity index (χ1) is 5.31. The molecule has 0 heterocycles. The van der Waals surface area contributed by atoms with Crippen molar-refractivity contribution in [3.63, 3.8) is 0 Å². The normalized spacial score (nSPS) is 13.4. The van der Waals surface area contributed by atoms with Crippen molar-refractivity contribution >= 4 is 0 Å². The Hall–Kier alpha value is -0.200. The monoisotopic (exact) mass is 166 g/mol. The molecule has 0 amide bonds. The van der Waals surface area contributed by atoms with Crippen molar-refractivity contribution < 1.29 is 24.8 Å². The van der Waals surface area contributed by atoms with Gasteiger partial charge in [-0.05, 0) is 0 Å². The van der Waals surface area contributed by atoms with E-state index < -0.39 is 12.9 Å². The van der Waals surface area contributed by atoms with Crippen molar-refractivity contribution in [3.05, 3.63) is 0 Å². The summed E-state index contributed by atoms with van der Waals surface area (Å²) in [4.78, 5) is 0. The van der Waals surface area contributed by atoms with Crippen LogP contribution in [0, 0.1) is 0 Å². The van der Waals surface area contributed by atoms with Gasteiger partial charge in [0.15, 0.2) is 6.29 Å². The summed E-state index contributed by atoms with van der Waals surface area (Å²) in [6, 6.07) is 0. The highest BCUT2D eigenvalue weighted by atomic mass is 16.6. The van der Waals surface area contributed by atoms with Crippen LogP contribution in [0.1, 0.15) is 0 Å². The quantitative estimate of drug-likeness (QED) is 0.311. The van der Waals surface area contributed by atoms with Crippen LogP contribution in [0.15, 0.2) is 0 Å². The van der Waals surface area contributed by atoms with E-state index in [9.17, 15) is 0 Å². The molecule has 0 fully saturated rings. The van der Waals surface area contributed by atoms with Crippen molar-refractivity contribution in [2.75, 3.05) is 33.0 Å². The van der Waals surface area contributed by atoms with E-state index in [2.05, 4.69) is 4.74 Å². The number of aliphatic hydroxyl groups excluding tert-OH is 3. The molecule has 0 saturated carbocycles. The highest BCUT2D eigenvalue weighted by Gasteiger charge is 1.99. The zero-order chi connectivity index (χ0) is 8.53. The minimum absolute atomic E-state index is 0.0252. The molecular weight excluding hydrogens is 152 g/mol. The molecule has 0 aliphatic rings. The van der Waals surface area contributed by atoms with Crippen molar-refractivity contribution in [3.8, 4) is 0 Å². The van der Waals surface area contributed by atoms with Crippen LogP contribution in [-0.2, 0) is 9.47 Å². The Morgan fingerprint density at radius 2 is 1.82 bits per heavy atom. The van der Waals surface area contributed by atoms with E-state index >= 15 is 0 Å². The molecule has 0 aromatic heterocycles. The summed E-state index contributed by atoms with van der Waals surface area (Å²) < 4.78 is 9.45. The van der Waals surface area contributed by atoms with E-state index in [0.717, 1.165) is 0 Å². The number of rotatable bonds is 7. The van der Waals surface area contributed by atoms with Crippen LogP contribution in [-0.4, -0.2) is 54.6 Å². The fraction of sp³-hybridized carbons (Fsp3) is 1.00. The smallest absolute Gasteiger partial charge is 0.177 e. The average Bonchev–Trinajstić information content (AvgIpc) is 2.04. The number of ether oxygens (including phenoxy) is 2. The summed E-state index contributed by atoms with van der Waals surface area (Å²) in [7, 11) is 0. The first kappa shape index (κ1) is 10.8. The molecule has 1 unspecified atom stereocenters. The van der Waals surface area contributed by atoms with Gasteiger partial charge in [0, 0.05) is 0 Å². The largest absolute Gasteiger partial charge is 0.394 e. The van der Waals surface area contributed by atoms with Gasteiger partial charge in [-0.3, -0.25) is 0 Å². The van der Waals surface area contributed by atoms with Crippen LogP contribution >= 0.6 is 0 Å². The molecule has 1 atom stereocenters. The molecule has 0 radical (unpaired) electrons. The lowest BCUT2D eigenvalue weighted by atomic mass is 10.6. The Labute approximate surface area is 65.2 Å². The first-order valence-corrected chi connectivity index (χ1v) is 3.40. The second-order valence-corrected chi connectivity index (χ2v) is 1.84. The standard InChI is InChI=1S/C6H14O5/c7-1-2-10-3-4-11-6(9)5-8/h6-9H,1-5H2. The van der Waals surface area contributed by atoms with E-state index in [4.69, 9.17) is 20.1 Å². The summed E-state index contributed by atoms with van der Waals surface area (Å²) in [5.41, 5.74) is 0. The molecule has 0 aromatic rings. The molecule has 5 nitrogen and oxygen atoms in total. The lowest BCUT2D eigenvalue weighted by Crippen LogP contribution is -2.19. The number of aliphatic hydroxyl groups is 3. The van der Waals surface area contributed by atoms with Gasteiger partial charge in [-0.15, -0.1) is 0 Å². The molecule has 3 N–H and O–H groups in total. The molecule has 68 valence electrons. The maximum atomic E-state index is 8.64. The molecule has 0 spiro atoms. The van der Waals surface area contributed by atoms with E-state index in [-0.39, 0.29) is 19.8 Å². The predicted octanol–water partition coefficient (Wildman–Crippen LogP) is -1.68. The van der Waals surface area contributed by atoms with Crippen molar-refractivity contribution in [1.29, 1.82) is 0 Å². The predicted molar refractivity (Wildman–Crippen MR) is 36.9 cm³/mol. The van der Waals surface area contributed by atoms with Gasteiger partial charge in [0.2, 0.25) is 0 Å². The average molecular weight is 166 g/mol. The number of hydrogen-bond acceptors (Lipinski definition) is 5. The minimum Gasteiger partial charge on any atom is -0.394 e. The lowest BCUT2D eigenvalue weighted by Gasteiger charge is -2.08. The Bertz CT molecular complexity index is 77.4. The minimum atomic E-state index is -1.13. The second kappa shape index (κ2) is 7.90.